The van der Waals surface area contributed by atoms with Crippen molar-refractivity contribution in [2.24, 2.45) is 5.92 Å². The van der Waals surface area contributed by atoms with Crippen LogP contribution >= 0.6 is 23.4 Å². The van der Waals surface area contributed by atoms with Crippen LogP contribution in [-0.2, 0) is 6.54 Å². The molecule has 20 heavy (non-hydrogen) atoms. The summed E-state index contributed by atoms with van der Waals surface area (Å²) in [6, 6.07) is 6.01. The summed E-state index contributed by atoms with van der Waals surface area (Å²) in [4.78, 5) is 4.68. The molecule has 0 spiro atoms. The molecule has 3 nitrogen and oxygen atoms in total. The van der Waals surface area contributed by atoms with Crippen molar-refractivity contribution in [3.8, 4) is 5.75 Å². The van der Waals surface area contributed by atoms with Gasteiger partial charge in [-0.3, -0.25) is 0 Å². The van der Waals surface area contributed by atoms with Gasteiger partial charge >= 0.3 is 0 Å². The van der Waals surface area contributed by atoms with E-state index in [1.54, 1.807) is 7.11 Å². The quantitative estimate of drug-likeness (QED) is 0.742. The molecule has 0 radical (unpaired) electrons. The van der Waals surface area contributed by atoms with Crippen molar-refractivity contribution in [3.05, 3.63) is 24.0 Å². The maximum Gasteiger partial charge on any atom is 0.127 e. The molecular formula is C15H21ClN2OS. The Labute approximate surface area is 129 Å². The van der Waals surface area contributed by atoms with Crippen molar-refractivity contribution in [2.45, 2.75) is 25.8 Å². The third-order valence-corrected chi connectivity index (χ3v) is 4.38. The van der Waals surface area contributed by atoms with Crippen molar-refractivity contribution in [1.82, 2.24) is 9.55 Å². The predicted octanol–water partition coefficient (Wildman–Crippen LogP) is 4.34. The number of rotatable bonds is 6. The molecule has 2 rings (SSSR count). The molecule has 0 aliphatic carbocycles. The first kappa shape index (κ1) is 15.5. The predicted molar refractivity (Wildman–Crippen MR) is 88.1 cm³/mol. The summed E-state index contributed by atoms with van der Waals surface area (Å²) in [7, 11) is 1.67. The highest BCUT2D eigenvalue weighted by atomic mass is 35.5. The molecule has 1 aromatic carbocycles. The smallest absolute Gasteiger partial charge is 0.127 e. The molecule has 2 aromatic rings. The second-order valence-corrected chi connectivity index (χ2v) is 6.68. The second-order valence-electron chi connectivity index (χ2n) is 5.11. The van der Waals surface area contributed by atoms with Crippen LogP contribution in [0.4, 0.5) is 0 Å². The number of alkyl halides is 1. The first-order valence-electron chi connectivity index (χ1n) is 6.74. The van der Waals surface area contributed by atoms with Crippen molar-refractivity contribution in [1.29, 1.82) is 0 Å². The van der Waals surface area contributed by atoms with Gasteiger partial charge in [0.15, 0.2) is 0 Å². The zero-order chi connectivity index (χ0) is 14.7. The molecule has 2 unspecified atom stereocenters. The monoisotopic (exact) mass is 312 g/mol. The van der Waals surface area contributed by atoms with Gasteiger partial charge in [-0.1, -0.05) is 6.92 Å². The number of hydrogen-bond donors (Lipinski definition) is 0. The average Bonchev–Trinajstić information content (AvgIpc) is 2.77. The lowest BCUT2D eigenvalue weighted by atomic mass is 10.2. The molecule has 0 aliphatic heterocycles. The van der Waals surface area contributed by atoms with Gasteiger partial charge in [-0.15, -0.1) is 11.6 Å². The van der Waals surface area contributed by atoms with Gasteiger partial charge in [-0.2, -0.15) is 11.8 Å². The molecule has 0 aliphatic rings. The summed E-state index contributed by atoms with van der Waals surface area (Å²) in [6.07, 6.45) is 2.14. The van der Waals surface area contributed by atoms with E-state index in [2.05, 4.69) is 28.8 Å². The number of halogens is 1. The van der Waals surface area contributed by atoms with Gasteiger partial charge in [-0.25, -0.2) is 4.98 Å². The molecular weight excluding hydrogens is 292 g/mol. The molecule has 0 N–H and O–H groups in total. The number of benzene rings is 1. The van der Waals surface area contributed by atoms with Crippen molar-refractivity contribution in [2.75, 3.05) is 19.1 Å². The zero-order valence-corrected chi connectivity index (χ0v) is 14.0. The minimum absolute atomic E-state index is 0.102. The third kappa shape index (κ3) is 3.23. The van der Waals surface area contributed by atoms with Crippen LogP contribution in [0.3, 0.4) is 0 Å². The standard InChI is InChI=1S/C15H21ClN2OS/c1-10(9-20-4)8-18-14-6-5-12(19-3)7-13(14)17-15(18)11(2)16/h5-7,10-11H,8-9H2,1-4H3. The Balaban J connectivity index is 2.46. The first-order valence-corrected chi connectivity index (χ1v) is 8.57. The number of aromatic nitrogens is 2. The molecule has 0 saturated carbocycles. The Morgan fingerprint density at radius 2 is 2.15 bits per heavy atom. The van der Waals surface area contributed by atoms with Crippen LogP contribution in [0.2, 0.25) is 0 Å². The van der Waals surface area contributed by atoms with E-state index in [1.165, 1.54) is 0 Å². The van der Waals surface area contributed by atoms with Crippen LogP contribution in [0.25, 0.3) is 11.0 Å². The molecule has 0 fully saturated rings. The molecule has 0 saturated heterocycles. The number of thioether (sulfide) groups is 1. The molecule has 5 heteroatoms. The van der Waals surface area contributed by atoms with E-state index >= 15 is 0 Å². The maximum absolute atomic E-state index is 6.29. The van der Waals surface area contributed by atoms with Crippen molar-refractivity contribution in [3.63, 3.8) is 0 Å². The minimum Gasteiger partial charge on any atom is -0.497 e. The number of fused-ring (bicyclic) bond motifs is 1. The summed E-state index contributed by atoms with van der Waals surface area (Å²) in [5.41, 5.74) is 2.07. The number of imidazole rings is 1. The topological polar surface area (TPSA) is 27.1 Å². The summed E-state index contributed by atoms with van der Waals surface area (Å²) >= 11 is 8.16. The highest BCUT2D eigenvalue weighted by Crippen LogP contribution is 2.28. The van der Waals surface area contributed by atoms with Gasteiger partial charge in [0.25, 0.3) is 0 Å². The molecule has 0 amide bonds. The van der Waals surface area contributed by atoms with E-state index in [4.69, 9.17) is 16.3 Å². The largest absolute Gasteiger partial charge is 0.497 e. The van der Waals surface area contributed by atoms with Gasteiger partial charge in [0, 0.05) is 12.6 Å². The van der Waals surface area contributed by atoms with Gasteiger partial charge in [-0.05, 0) is 37.0 Å². The third-order valence-electron chi connectivity index (χ3n) is 3.29. The Morgan fingerprint density at radius 1 is 1.40 bits per heavy atom. The molecule has 2 atom stereocenters. The Morgan fingerprint density at radius 3 is 2.75 bits per heavy atom. The van der Waals surface area contributed by atoms with Crippen molar-refractivity contribution >= 4 is 34.4 Å². The highest BCUT2D eigenvalue weighted by Gasteiger charge is 2.17. The van der Waals surface area contributed by atoms with E-state index in [0.29, 0.717) is 5.92 Å². The number of methoxy groups -OCH3 is 1. The summed E-state index contributed by atoms with van der Waals surface area (Å²) < 4.78 is 7.51. The van der Waals surface area contributed by atoms with Crippen LogP contribution in [0.1, 0.15) is 25.0 Å². The lowest BCUT2D eigenvalue weighted by Gasteiger charge is -2.15. The average molecular weight is 313 g/mol. The van der Waals surface area contributed by atoms with E-state index < -0.39 is 0 Å². The van der Waals surface area contributed by atoms with Crippen LogP contribution in [0.15, 0.2) is 18.2 Å². The summed E-state index contributed by atoms with van der Waals surface area (Å²) in [5, 5.41) is -0.102. The lowest BCUT2D eigenvalue weighted by Crippen LogP contribution is -2.13. The van der Waals surface area contributed by atoms with Crippen LogP contribution in [-0.4, -0.2) is 28.7 Å². The van der Waals surface area contributed by atoms with E-state index in [9.17, 15) is 0 Å². The Hall–Kier alpha value is -0.870. The zero-order valence-electron chi connectivity index (χ0n) is 12.4. The SMILES string of the molecule is COc1ccc2c(c1)nc(C(C)Cl)n2CC(C)CSC. The Bertz CT molecular complexity index is 583. The van der Waals surface area contributed by atoms with Gasteiger partial charge < -0.3 is 9.30 Å². The first-order chi connectivity index (χ1) is 9.56. The lowest BCUT2D eigenvalue weighted by molar-refractivity contribution is 0.415. The van der Waals surface area contributed by atoms with E-state index in [-0.39, 0.29) is 5.38 Å². The summed E-state index contributed by atoms with van der Waals surface area (Å²) in [5.74, 6) is 3.47. The van der Waals surface area contributed by atoms with E-state index in [1.807, 2.05) is 30.8 Å². The number of hydrogen-bond acceptors (Lipinski definition) is 3. The maximum atomic E-state index is 6.29. The number of ether oxygens (including phenoxy) is 1. The number of nitrogens with zero attached hydrogens (tertiary/aromatic N) is 2. The Kier molecular flexibility index (Phi) is 5.22. The normalized spacial score (nSPS) is 14.4. The second kappa shape index (κ2) is 6.72. The molecule has 1 aromatic heterocycles. The van der Waals surface area contributed by atoms with Crippen LogP contribution in [0.5, 0.6) is 5.75 Å². The highest BCUT2D eigenvalue weighted by molar-refractivity contribution is 7.98. The van der Waals surface area contributed by atoms with E-state index in [0.717, 1.165) is 34.9 Å². The fourth-order valence-electron chi connectivity index (χ4n) is 2.40. The minimum atomic E-state index is -0.102. The molecule has 0 bridgehead atoms. The van der Waals surface area contributed by atoms with Crippen LogP contribution < -0.4 is 4.74 Å². The summed E-state index contributed by atoms with van der Waals surface area (Å²) in [6.45, 7) is 5.17. The molecule has 1 heterocycles. The fourth-order valence-corrected chi connectivity index (χ4v) is 3.24. The van der Waals surface area contributed by atoms with Gasteiger partial charge in [0.05, 0.1) is 23.5 Å². The van der Waals surface area contributed by atoms with Gasteiger partial charge in [0.1, 0.15) is 11.6 Å². The fraction of sp³-hybridized carbons (Fsp3) is 0.533. The van der Waals surface area contributed by atoms with Crippen LogP contribution in [0, 0.1) is 5.92 Å². The van der Waals surface area contributed by atoms with Crippen molar-refractivity contribution < 1.29 is 4.74 Å². The molecule has 110 valence electrons. The van der Waals surface area contributed by atoms with Gasteiger partial charge in [0.2, 0.25) is 0 Å².